The van der Waals surface area contributed by atoms with Gasteiger partial charge >= 0.3 is 0 Å². The van der Waals surface area contributed by atoms with Crippen LogP contribution < -0.4 is 4.90 Å². The highest BCUT2D eigenvalue weighted by Gasteiger charge is 2.18. The maximum absolute atomic E-state index is 2.41. The zero-order valence-electron chi connectivity index (χ0n) is 24.1. The van der Waals surface area contributed by atoms with Gasteiger partial charge in [0.2, 0.25) is 0 Å². The molecule has 0 amide bonds. The van der Waals surface area contributed by atoms with Crippen molar-refractivity contribution < 1.29 is 0 Å². The molecule has 0 radical (unpaired) electrons. The van der Waals surface area contributed by atoms with Crippen molar-refractivity contribution in [2.24, 2.45) is 0 Å². The van der Waals surface area contributed by atoms with Crippen LogP contribution in [-0.4, -0.2) is 4.57 Å². The van der Waals surface area contributed by atoms with E-state index in [1.807, 2.05) is 0 Å². The van der Waals surface area contributed by atoms with Gasteiger partial charge in [0.05, 0.1) is 16.7 Å². The summed E-state index contributed by atoms with van der Waals surface area (Å²) in [5.74, 6) is 0. The van der Waals surface area contributed by atoms with Gasteiger partial charge in [-0.1, -0.05) is 115 Å². The maximum Gasteiger partial charge on any atom is 0.0547 e. The number of aromatic nitrogens is 1. The van der Waals surface area contributed by atoms with Crippen molar-refractivity contribution in [3.8, 4) is 16.8 Å². The first-order valence-electron chi connectivity index (χ1n) is 15.1. The molecule has 0 bridgehead atoms. The van der Waals surface area contributed by atoms with Crippen LogP contribution in [0.5, 0.6) is 0 Å². The lowest BCUT2D eigenvalue weighted by Gasteiger charge is -2.27. The first kappa shape index (κ1) is 24.7. The Bertz CT molecular complexity index is 2340. The van der Waals surface area contributed by atoms with Crippen LogP contribution in [0.25, 0.3) is 60.2 Å². The minimum atomic E-state index is 1.12. The molecule has 2 nitrogen and oxygen atoms in total. The third-order valence-electron chi connectivity index (χ3n) is 8.93. The normalized spacial score (nSPS) is 11.6. The summed E-state index contributed by atoms with van der Waals surface area (Å²) in [5.41, 5.74) is 9.46. The number of benzene rings is 8. The molecule has 2 heteroatoms. The minimum absolute atomic E-state index is 1.12. The molecule has 0 N–H and O–H groups in total. The predicted molar refractivity (Wildman–Crippen MR) is 187 cm³/mol. The highest BCUT2D eigenvalue weighted by Crippen LogP contribution is 2.42. The van der Waals surface area contributed by atoms with Gasteiger partial charge in [-0.15, -0.1) is 0 Å². The number of rotatable bonds is 5. The van der Waals surface area contributed by atoms with Crippen molar-refractivity contribution in [3.05, 3.63) is 170 Å². The van der Waals surface area contributed by atoms with E-state index in [9.17, 15) is 0 Å². The lowest BCUT2D eigenvalue weighted by molar-refractivity contribution is 1.18. The maximum atomic E-state index is 2.41. The molecule has 0 fully saturated rings. The fraction of sp³-hybridized carbons (Fsp3) is 0. The Morgan fingerprint density at radius 3 is 1.57 bits per heavy atom. The van der Waals surface area contributed by atoms with Gasteiger partial charge in [-0.05, 0) is 81.9 Å². The summed E-state index contributed by atoms with van der Waals surface area (Å²) in [6.45, 7) is 0. The molecule has 1 aromatic heterocycles. The molecule has 9 aromatic rings. The predicted octanol–water partition coefficient (Wildman–Crippen LogP) is 11.7. The quantitative estimate of drug-likeness (QED) is 0.190. The standard InChI is InChI=1S/C42H28N2/c1-2-9-29(10-3-1)30-21-23-34(24-22-30)43(38-16-6-12-31-11-4-5-15-37(31)38)35-25-27-36(28-26-35)44-39-17-7-13-32-19-20-33-14-8-18-40(44)42(33)41(32)39/h1-28H. The van der Waals surface area contributed by atoms with Crippen molar-refractivity contribution in [1.29, 1.82) is 0 Å². The van der Waals surface area contributed by atoms with Crippen LogP contribution in [0.3, 0.4) is 0 Å². The van der Waals surface area contributed by atoms with Crippen LogP contribution in [0.4, 0.5) is 17.1 Å². The SMILES string of the molecule is c1ccc(-c2ccc(N(c3ccc(-n4c5cccc6ccc7cccc4c7c65)cc3)c3cccc4ccccc34)cc2)cc1. The molecule has 1 heterocycles. The Morgan fingerprint density at radius 1 is 0.364 bits per heavy atom. The molecule has 0 unspecified atom stereocenters. The average Bonchev–Trinajstić information content (AvgIpc) is 3.44. The van der Waals surface area contributed by atoms with Crippen LogP contribution in [0, 0.1) is 0 Å². The summed E-state index contributed by atoms with van der Waals surface area (Å²) >= 11 is 0. The summed E-state index contributed by atoms with van der Waals surface area (Å²) in [4.78, 5) is 2.38. The van der Waals surface area contributed by atoms with Gasteiger partial charge in [0.1, 0.15) is 0 Å². The van der Waals surface area contributed by atoms with Gasteiger partial charge in [0, 0.05) is 33.2 Å². The van der Waals surface area contributed by atoms with E-state index < -0.39 is 0 Å². The Morgan fingerprint density at radius 2 is 0.886 bits per heavy atom. The van der Waals surface area contributed by atoms with Crippen LogP contribution in [-0.2, 0) is 0 Å². The second-order valence-electron chi connectivity index (χ2n) is 11.4. The van der Waals surface area contributed by atoms with Crippen LogP contribution in [0.1, 0.15) is 0 Å². The second-order valence-corrected chi connectivity index (χ2v) is 11.4. The molecule has 0 aliphatic heterocycles. The zero-order chi connectivity index (χ0) is 29.0. The third kappa shape index (κ3) is 3.82. The summed E-state index contributed by atoms with van der Waals surface area (Å²) < 4.78 is 2.41. The van der Waals surface area contributed by atoms with E-state index in [4.69, 9.17) is 0 Å². The van der Waals surface area contributed by atoms with Crippen LogP contribution >= 0.6 is 0 Å². The number of fused-ring (bicyclic) bond motifs is 1. The Labute approximate surface area is 256 Å². The van der Waals surface area contributed by atoms with Gasteiger partial charge in [0.15, 0.2) is 0 Å². The molecule has 8 aromatic carbocycles. The van der Waals surface area contributed by atoms with Crippen molar-refractivity contribution in [3.63, 3.8) is 0 Å². The van der Waals surface area contributed by atoms with E-state index in [1.54, 1.807) is 0 Å². The molecule has 44 heavy (non-hydrogen) atoms. The third-order valence-corrected chi connectivity index (χ3v) is 8.93. The fourth-order valence-electron chi connectivity index (χ4n) is 6.91. The molecule has 0 saturated heterocycles. The number of hydrogen-bond acceptors (Lipinski definition) is 1. The zero-order valence-corrected chi connectivity index (χ0v) is 24.1. The summed E-state index contributed by atoms with van der Waals surface area (Å²) in [7, 11) is 0. The van der Waals surface area contributed by atoms with Crippen LogP contribution in [0.2, 0.25) is 0 Å². The molecule has 0 saturated carbocycles. The second kappa shape index (κ2) is 9.86. The van der Waals surface area contributed by atoms with Gasteiger partial charge in [-0.3, -0.25) is 0 Å². The first-order chi connectivity index (χ1) is 21.8. The molecular weight excluding hydrogens is 532 g/mol. The molecule has 9 rings (SSSR count). The summed E-state index contributed by atoms with van der Waals surface area (Å²) in [5, 5.41) is 7.68. The van der Waals surface area contributed by atoms with Crippen molar-refractivity contribution >= 4 is 60.4 Å². The van der Waals surface area contributed by atoms with E-state index >= 15 is 0 Å². The van der Waals surface area contributed by atoms with E-state index in [0.29, 0.717) is 0 Å². The smallest absolute Gasteiger partial charge is 0.0547 e. The molecule has 0 aliphatic carbocycles. The monoisotopic (exact) mass is 560 g/mol. The summed E-state index contributed by atoms with van der Waals surface area (Å²) in [6, 6.07) is 61.4. The van der Waals surface area contributed by atoms with E-state index in [-0.39, 0.29) is 0 Å². The van der Waals surface area contributed by atoms with Gasteiger partial charge in [-0.25, -0.2) is 0 Å². The van der Waals surface area contributed by atoms with E-state index in [1.165, 1.54) is 54.5 Å². The average molecular weight is 561 g/mol. The van der Waals surface area contributed by atoms with Gasteiger partial charge < -0.3 is 9.47 Å². The van der Waals surface area contributed by atoms with Gasteiger partial charge in [0.25, 0.3) is 0 Å². The van der Waals surface area contributed by atoms with Crippen molar-refractivity contribution in [2.45, 2.75) is 0 Å². The van der Waals surface area contributed by atoms with Crippen LogP contribution in [0.15, 0.2) is 170 Å². The molecule has 0 spiro atoms. The highest BCUT2D eigenvalue weighted by molar-refractivity contribution is 6.24. The minimum Gasteiger partial charge on any atom is -0.310 e. The largest absolute Gasteiger partial charge is 0.310 e. The number of nitrogens with zero attached hydrogens (tertiary/aromatic N) is 2. The molecule has 0 aliphatic rings. The fourth-order valence-corrected chi connectivity index (χ4v) is 6.91. The lowest BCUT2D eigenvalue weighted by Crippen LogP contribution is -2.10. The highest BCUT2D eigenvalue weighted by atomic mass is 15.1. The van der Waals surface area contributed by atoms with Crippen molar-refractivity contribution in [2.75, 3.05) is 4.90 Å². The Hall–Kier alpha value is -5.86. The summed E-state index contributed by atoms with van der Waals surface area (Å²) in [6.07, 6.45) is 0. The molecule has 0 atom stereocenters. The topological polar surface area (TPSA) is 8.17 Å². The van der Waals surface area contributed by atoms with Gasteiger partial charge in [-0.2, -0.15) is 0 Å². The molecular formula is C42H28N2. The van der Waals surface area contributed by atoms with E-state index in [0.717, 1.165) is 22.7 Å². The first-order valence-corrected chi connectivity index (χ1v) is 15.1. The Kier molecular flexibility index (Phi) is 5.54. The number of anilines is 3. The van der Waals surface area contributed by atoms with Crippen molar-refractivity contribution in [1.82, 2.24) is 4.57 Å². The lowest BCUT2D eigenvalue weighted by atomic mass is 10.0. The number of hydrogen-bond donors (Lipinski definition) is 0. The molecule has 206 valence electrons. The van der Waals surface area contributed by atoms with E-state index in [2.05, 4.69) is 179 Å². The Balaban J connectivity index is 1.21.